The number of benzene rings is 2. The van der Waals surface area contributed by atoms with Gasteiger partial charge in [0, 0.05) is 5.39 Å². The van der Waals surface area contributed by atoms with Crippen LogP contribution in [-0.4, -0.2) is 7.11 Å². The molecule has 4 rings (SSSR count). The Morgan fingerprint density at radius 2 is 1.47 bits per heavy atom. The fourth-order valence-corrected chi connectivity index (χ4v) is 6.57. The van der Waals surface area contributed by atoms with Crippen LogP contribution in [0.2, 0.25) is 0 Å². The van der Waals surface area contributed by atoms with Crippen molar-refractivity contribution < 1.29 is 9.13 Å². The van der Waals surface area contributed by atoms with Gasteiger partial charge in [0.05, 0.1) is 7.11 Å². The molecule has 2 fully saturated rings. The van der Waals surface area contributed by atoms with Crippen molar-refractivity contribution in [2.24, 2.45) is 23.7 Å². The summed E-state index contributed by atoms with van der Waals surface area (Å²) in [6.45, 7) is 2.31. The molecule has 0 heterocycles. The summed E-state index contributed by atoms with van der Waals surface area (Å²) < 4.78 is 20.3. The molecule has 0 radical (unpaired) electrons. The van der Waals surface area contributed by atoms with E-state index >= 15 is 4.39 Å². The summed E-state index contributed by atoms with van der Waals surface area (Å²) in [5.74, 6) is 4.51. The zero-order valence-corrected chi connectivity index (χ0v) is 20.4. The van der Waals surface area contributed by atoms with Crippen molar-refractivity contribution in [1.82, 2.24) is 0 Å². The molecule has 0 aromatic heterocycles. The molecule has 0 unspecified atom stereocenters. The lowest BCUT2D eigenvalue weighted by molar-refractivity contribution is 0.140. The summed E-state index contributed by atoms with van der Waals surface area (Å²) >= 11 is 0. The summed E-state index contributed by atoms with van der Waals surface area (Å²) in [6, 6.07) is 9.67. The lowest BCUT2D eigenvalue weighted by atomic mass is 9.68. The van der Waals surface area contributed by atoms with Gasteiger partial charge < -0.3 is 4.74 Å². The number of fused-ring (bicyclic) bond motifs is 1. The van der Waals surface area contributed by atoms with E-state index < -0.39 is 0 Å². The minimum absolute atomic E-state index is 0.0328. The number of aryl methyl sites for hydroxylation is 1. The van der Waals surface area contributed by atoms with Crippen LogP contribution in [0.1, 0.15) is 96.0 Å². The van der Waals surface area contributed by atoms with Crippen molar-refractivity contribution >= 4 is 10.8 Å². The van der Waals surface area contributed by atoms with Crippen molar-refractivity contribution in [3.8, 4) is 5.75 Å². The Labute approximate surface area is 195 Å². The normalized spacial score (nSPS) is 26.3. The van der Waals surface area contributed by atoms with E-state index in [2.05, 4.69) is 6.92 Å². The lowest BCUT2D eigenvalue weighted by Crippen LogP contribution is -2.26. The molecular formula is C30H43FO. The first kappa shape index (κ1) is 23.6. The minimum Gasteiger partial charge on any atom is -0.497 e. The highest BCUT2D eigenvalue weighted by Crippen LogP contribution is 2.43. The number of hydrogen-bond acceptors (Lipinski definition) is 1. The third kappa shape index (κ3) is 5.86. The Balaban J connectivity index is 1.22. The highest BCUT2D eigenvalue weighted by molar-refractivity contribution is 5.85. The number of ether oxygens (including phenoxy) is 1. The average Bonchev–Trinajstić information content (AvgIpc) is 2.84. The molecule has 0 atom stereocenters. The first-order valence-electron chi connectivity index (χ1n) is 13.4. The lowest BCUT2D eigenvalue weighted by Gasteiger charge is -2.38. The molecule has 2 aromatic rings. The highest BCUT2D eigenvalue weighted by Gasteiger charge is 2.30. The number of unbranched alkanes of at least 4 members (excludes halogenated alkanes) is 2. The number of hydrogen-bond donors (Lipinski definition) is 0. The van der Waals surface area contributed by atoms with E-state index in [1.165, 1.54) is 77.0 Å². The molecule has 0 N–H and O–H groups in total. The van der Waals surface area contributed by atoms with Crippen LogP contribution in [0.15, 0.2) is 30.3 Å². The van der Waals surface area contributed by atoms with Crippen LogP contribution in [0.5, 0.6) is 5.75 Å². The van der Waals surface area contributed by atoms with Gasteiger partial charge in [0.1, 0.15) is 11.6 Å². The minimum atomic E-state index is -0.0328. The average molecular weight is 439 g/mol. The second-order valence-electron chi connectivity index (χ2n) is 10.7. The Bertz CT molecular complexity index is 843. The molecule has 2 aromatic carbocycles. The van der Waals surface area contributed by atoms with Crippen molar-refractivity contribution in [1.29, 1.82) is 0 Å². The fraction of sp³-hybridized carbons (Fsp3) is 0.667. The standard InChI is InChI=1S/C30H43FO/c1-3-4-5-6-22-7-12-24(13-8-22)25-14-9-23(10-15-25)11-16-26-17-18-27-21-28(32-2)19-20-29(27)30(26)31/h17-25H,3-16H2,1-2H3. The Kier molecular flexibility index (Phi) is 8.49. The van der Waals surface area contributed by atoms with Crippen molar-refractivity contribution in [3.05, 3.63) is 41.7 Å². The molecule has 2 saturated carbocycles. The third-order valence-corrected chi connectivity index (χ3v) is 8.73. The van der Waals surface area contributed by atoms with E-state index in [1.807, 2.05) is 30.3 Å². The zero-order chi connectivity index (χ0) is 22.3. The monoisotopic (exact) mass is 438 g/mol. The van der Waals surface area contributed by atoms with Gasteiger partial charge in [-0.15, -0.1) is 0 Å². The van der Waals surface area contributed by atoms with Gasteiger partial charge in [-0.1, -0.05) is 70.4 Å². The first-order chi connectivity index (χ1) is 15.7. The van der Waals surface area contributed by atoms with Gasteiger partial charge in [0.15, 0.2) is 0 Å². The van der Waals surface area contributed by atoms with E-state index in [9.17, 15) is 0 Å². The Hall–Kier alpha value is -1.57. The first-order valence-corrected chi connectivity index (χ1v) is 13.4. The highest BCUT2D eigenvalue weighted by atomic mass is 19.1. The maximum absolute atomic E-state index is 15.1. The van der Waals surface area contributed by atoms with Crippen LogP contribution in [0.4, 0.5) is 4.39 Å². The Morgan fingerprint density at radius 1 is 0.812 bits per heavy atom. The molecular weight excluding hydrogens is 395 g/mol. The third-order valence-electron chi connectivity index (χ3n) is 8.73. The van der Waals surface area contributed by atoms with E-state index in [0.29, 0.717) is 0 Å². The molecule has 0 amide bonds. The maximum Gasteiger partial charge on any atom is 0.134 e. The topological polar surface area (TPSA) is 9.23 Å². The summed E-state index contributed by atoms with van der Waals surface area (Å²) in [6.07, 6.45) is 19.2. The SMILES string of the molecule is CCCCCC1CCC(C2CCC(CCc3ccc4cc(OC)ccc4c3F)CC2)CC1. The van der Waals surface area contributed by atoms with E-state index in [4.69, 9.17) is 4.74 Å². The van der Waals surface area contributed by atoms with Gasteiger partial charge in [-0.3, -0.25) is 0 Å². The van der Waals surface area contributed by atoms with Crippen LogP contribution >= 0.6 is 0 Å². The fourth-order valence-electron chi connectivity index (χ4n) is 6.57. The van der Waals surface area contributed by atoms with Crippen LogP contribution in [0, 0.1) is 29.5 Å². The molecule has 0 spiro atoms. The van der Waals surface area contributed by atoms with Gasteiger partial charge in [-0.25, -0.2) is 4.39 Å². The molecule has 0 saturated heterocycles. The molecule has 0 bridgehead atoms. The van der Waals surface area contributed by atoms with Gasteiger partial charge >= 0.3 is 0 Å². The van der Waals surface area contributed by atoms with Crippen molar-refractivity contribution in [2.45, 2.75) is 96.8 Å². The van der Waals surface area contributed by atoms with Crippen LogP contribution in [-0.2, 0) is 6.42 Å². The van der Waals surface area contributed by atoms with Gasteiger partial charge in [0.2, 0.25) is 0 Å². The quantitative estimate of drug-likeness (QED) is 0.355. The predicted molar refractivity (Wildman–Crippen MR) is 134 cm³/mol. The molecule has 2 aliphatic rings. The predicted octanol–water partition coefficient (Wildman–Crippen LogP) is 9.11. The summed E-state index contributed by atoms with van der Waals surface area (Å²) in [5.41, 5.74) is 0.881. The van der Waals surface area contributed by atoms with E-state index in [0.717, 1.165) is 58.6 Å². The second kappa shape index (κ2) is 11.5. The molecule has 176 valence electrons. The molecule has 1 nitrogen and oxygen atoms in total. The van der Waals surface area contributed by atoms with Gasteiger partial charge in [-0.05, 0) is 91.3 Å². The molecule has 0 aliphatic heterocycles. The second-order valence-corrected chi connectivity index (χ2v) is 10.7. The van der Waals surface area contributed by atoms with Gasteiger partial charge in [-0.2, -0.15) is 0 Å². The van der Waals surface area contributed by atoms with Crippen LogP contribution in [0.25, 0.3) is 10.8 Å². The smallest absolute Gasteiger partial charge is 0.134 e. The summed E-state index contributed by atoms with van der Waals surface area (Å²) in [7, 11) is 1.65. The molecule has 2 heteroatoms. The molecule has 32 heavy (non-hydrogen) atoms. The van der Waals surface area contributed by atoms with Crippen molar-refractivity contribution in [2.75, 3.05) is 7.11 Å². The summed E-state index contributed by atoms with van der Waals surface area (Å²) in [5, 5.41) is 1.64. The van der Waals surface area contributed by atoms with Crippen molar-refractivity contribution in [3.63, 3.8) is 0 Å². The van der Waals surface area contributed by atoms with E-state index in [-0.39, 0.29) is 5.82 Å². The van der Waals surface area contributed by atoms with E-state index in [1.54, 1.807) is 7.11 Å². The largest absolute Gasteiger partial charge is 0.497 e. The van der Waals surface area contributed by atoms with Crippen LogP contribution < -0.4 is 4.74 Å². The number of methoxy groups -OCH3 is 1. The van der Waals surface area contributed by atoms with Crippen LogP contribution in [0.3, 0.4) is 0 Å². The van der Waals surface area contributed by atoms with Gasteiger partial charge in [0.25, 0.3) is 0 Å². The number of halogens is 1. The summed E-state index contributed by atoms with van der Waals surface area (Å²) in [4.78, 5) is 0. The maximum atomic E-state index is 15.1. The zero-order valence-electron chi connectivity index (χ0n) is 20.4. The number of rotatable bonds is 9. The Morgan fingerprint density at radius 3 is 2.09 bits per heavy atom. The molecule has 2 aliphatic carbocycles.